The van der Waals surface area contributed by atoms with Crippen LogP contribution in [0.5, 0.6) is 0 Å². The fraction of sp³-hybridized carbons (Fsp3) is 0.464. The standard InChI is InChI=1S/C28H32ClN5O3/c1-28(2,35)37-23-14-20(36-27(23)34-12-11-21-25(29)31-16-32-26(21)34)9-6-17-5-7-19-8-10-24(33-22(19)13-17)30-15-18-3-4-18/h5,7-8,10-13,16,18,20,23,27,35H,3-4,6,9,14-15H2,1-2H3,(H,30,33). The van der Waals surface area contributed by atoms with Crippen LogP contribution >= 0.6 is 11.6 Å². The van der Waals surface area contributed by atoms with Crippen molar-refractivity contribution in [1.82, 2.24) is 19.5 Å². The maximum atomic E-state index is 10.4. The fourth-order valence-electron chi connectivity index (χ4n) is 5.08. The van der Waals surface area contributed by atoms with Crippen molar-refractivity contribution in [1.29, 1.82) is 0 Å². The summed E-state index contributed by atoms with van der Waals surface area (Å²) in [5.41, 5.74) is 2.90. The summed E-state index contributed by atoms with van der Waals surface area (Å²) in [4.78, 5) is 13.3. The highest BCUT2D eigenvalue weighted by molar-refractivity contribution is 6.33. The molecular weight excluding hydrogens is 490 g/mol. The molecule has 0 spiro atoms. The predicted molar refractivity (Wildman–Crippen MR) is 144 cm³/mol. The van der Waals surface area contributed by atoms with Crippen LogP contribution in [0, 0.1) is 5.92 Å². The molecule has 2 N–H and O–H groups in total. The molecule has 194 valence electrons. The Hall–Kier alpha value is -2.78. The number of pyridine rings is 1. The Morgan fingerprint density at radius 3 is 2.84 bits per heavy atom. The molecule has 6 rings (SSSR count). The van der Waals surface area contributed by atoms with E-state index in [-0.39, 0.29) is 12.2 Å². The number of aryl methyl sites for hydroxylation is 1. The first kappa shape index (κ1) is 24.6. The summed E-state index contributed by atoms with van der Waals surface area (Å²) in [6.45, 7) is 4.28. The maximum Gasteiger partial charge on any atom is 0.162 e. The van der Waals surface area contributed by atoms with Gasteiger partial charge in [0.05, 0.1) is 17.0 Å². The normalized spacial score (nSPS) is 22.2. The summed E-state index contributed by atoms with van der Waals surface area (Å²) < 4.78 is 14.5. The SMILES string of the molecule is CC(C)(O)OC1CC(CCc2ccc3ccc(NCC4CC4)nc3c2)OC1n1ccc2c(Cl)ncnc21. The summed E-state index contributed by atoms with van der Waals surface area (Å²) in [5, 5.41) is 16.2. The number of hydrogen-bond acceptors (Lipinski definition) is 7. The lowest BCUT2D eigenvalue weighted by atomic mass is 10.0. The molecule has 0 radical (unpaired) electrons. The minimum absolute atomic E-state index is 0.0395. The molecular formula is C28H32ClN5O3. The molecule has 1 saturated heterocycles. The summed E-state index contributed by atoms with van der Waals surface area (Å²) in [6.07, 6.45) is 7.49. The molecule has 3 aromatic heterocycles. The van der Waals surface area contributed by atoms with Gasteiger partial charge in [-0.2, -0.15) is 0 Å². The monoisotopic (exact) mass is 521 g/mol. The molecule has 9 heteroatoms. The van der Waals surface area contributed by atoms with Gasteiger partial charge in [0, 0.05) is 24.5 Å². The second kappa shape index (κ2) is 9.83. The van der Waals surface area contributed by atoms with Gasteiger partial charge in [-0.15, -0.1) is 0 Å². The lowest BCUT2D eigenvalue weighted by Gasteiger charge is -2.27. The molecule has 8 nitrogen and oxygen atoms in total. The number of anilines is 1. The Bertz CT molecular complexity index is 1410. The number of rotatable bonds is 9. The van der Waals surface area contributed by atoms with Crippen LogP contribution in [0.15, 0.2) is 48.9 Å². The van der Waals surface area contributed by atoms with Crippen LogP contribution in [0.1, 0.15) is 51.3 Å². The Kier molecular flexibility index (Phi) is 6.52. The van der Waals surface area contributed by atoms with Crippen molar-refractivity contribution >= 4 is 39.4 Å². The summed E-state index contributed by atoms with van der Waals surface area (Å²) in [6, 6.07) is 12.5. The van der Waals surface area contributed by atoms with Crippen LogP contribution in [0.25, 0.3) is 21.9 Å². The van der Waals surface area contributed by atoms with Crippen molar-refractivity contribution in [2.45, 2.75) is 70.2 Å². The summed E-state index contributed by atoms with van der Waals surface area (Å²) in [7, 11) is 0. The van der Waals surface area contributed by atoms with E-state index in [9.17, 15) is 5.11 Å². The third-order valence-electron chi connectivity index (χ3n) is 7.10. The summed E-state index contributed by atoms with van der Waals surface area (Å²) >= 11 is 6.27. The number of aliphatic hydroxyl groups is 1. The van der Waals surface area contributed by atoms with Crippen molar-refractivity contribution in [2.75, 3.05) is 11.9 Å². The van der Waals surface area contributed by atoms with Gasteiger partial charge in [0.1, 0.15) is 29.0 Å². The topological polar surface area (TPSA) is 94.3 Å². The molecule has 1 saturated carbocycles. The van der Waals surface area contributed by atoms with E-state index in [1.165, 1.54) is 24.7 Å². The largest absolute Gasteiger partial charge is 0.370 e. The molecule has 4 aromatic rings. The smallest absolute Gasteiger partial charge is 0.162 e. The minimum atomic E-state index is -1.29. The van der Waals surface area contributed by atoms with Crippen molar-refractivity contribution in [3.05, 3.63) is 59.6 Å². The molecule has 4 heterocycles. The molecule has 37 heavy (non-hydrogen) atoms. The second-order valence-electron chi connectivity index (χ2n) is 10.7. The van der Waals surface area contributed by atoms with Gasteiger partial charge in [0.25, 0.3) is 0 Å². The van der Waals surface area contributed by atoms with Crippen molar-refractivity contribution in [3.8, 4) is 0 Å². The third kappa shape index (κ3) is 5.57. The molecule has 0 amide bonds. The Balaban J connectivity index is 1.17. The molecule has 3 unspecified atom stereocenters. The molecule has 0 bridgehead atoms. The van der Waals surface area contributed by atoms with Crippen LogP contribution in [-0.2, 0) is 15.9 Å². The molecule has 2 aliphatic rings. The Labute approximate surface area is 221 Å². The van der Waals surface area contributed by atoms with Gasteiger partial charge >= 0.3 is 0 Å². The molecule has 1 aliphatic carbocycles. The van der Waals surface area contributed by atoms with Gasteiger partial charge in [-0.05, 0) is 75.3 Å². The zero-order valence-electron chi connectivity index (χ0n) is 21.1. The lowest BCUT2D eigenvalue weighted by molar-refractivity contribution is -0.222. The number of nitrogens with one attached hydrogen (secondary N) is 1. The van der Waals surface area contributed by atoms with Crippen LogP contribution in [0.3, 0.4) is 0 Å². The van der Waals surface area contributed by atoms with Crippen molar-refractivity contribution in [3.63, 3.8) is 0 Å². The Morgan fingerprint density at radius 1 is 1.19 bits per heavy atom. The fourth-order valence-corrected chi connectivity index (χ4v) is 5.28. The highest BCUT2D eigenvalue weighted by atomic mass is 35.5. The number of nitrogens with zero attached hydrogens (tertiary/aromatic N) is 4. The van der Waals surface area contributed by atoms with Crippen LogP contribution in [0.2, 0.25) is 5.15 Å². The van der Waals surface area contributed by atoms with E-state index in [1.807, 2.05) is 16.8 Å². The Morgan fingerprint density at radius 2 is 2.03 bits per heavy atom. The van der Waals surface area contributed by atoms with Gasteiger partial charge in [0.2, 0.25) is 0 Å². The van der Waals surface area contributed by atoms with E-state index < -0.39 is 12.0 Å². The number of aromatic nitrogens is 4. The van der Waals surface area contributed by atoms with E-state index in [0.29, 0.717) is 17.2 Å². The van der Waals surface area contributed by atoms with E-state index in [4.69, 9.17) is 26.1 Å². The average molecular weight is 522 g/mol. The van der Waals surface area contributed by atoms with E-state index in [1.54, 1.807) is 13.8 Å². The minimum Gasteiger partial charge on any atom is -0.370 e. The maximum absolute atomic E-state index is 10.4. The van der Waals surface area contributed by atoms with Gasteiger partial charge in [0.15, 0.2) is 12.0 Å². The van der Waals surface area contributed by atoms with Crippen molar-refractivity contribution in [2.24, 2.45) is 5.92 Å². The first-order valence-electron chi connectivity index (χ1n) is 13.0. The van der Waals surface area contributed by atoms with Crippen LogP contribution in [0.4, 0.5) is 5.82 Å². The van der Waals surface area contributed by atoms with Gasteiger partial charge < -0.3 is 24.5 Å². The molecule has 2 fully saturated rings. The summed E-state index contributed by atoms with van der Waals surface area (Å²) in [5.74, 6) is 0.455. The first-order chi connectivity index (χ1) is 17.8. The number of ether oxygens (including phenoxy) is 2. The van der Waals surface area contributed by atoms with Crippen molar-refractivity contribution < 1.29 is 14.6 Å². The number of benzene rings is 1. The number of fused-ring (bicyclic) bond motifs is 2. The average Bonchev–Trinajstić information content (AvgIpc) is 3.47. The predicted octanol–water partition coefficient (Wildman–Crippen LogP) is 5.49. The van der Waals surface area contributed by atoms with E-state index >= 15 is 0 Å². The number of hydrogen-bond donors (Lipinski definition) is 2. The highest BCUT2D eigenvalue weighted by Gasteiger charge is 2.40. The third-order valence-corrected chi connectivity index (χ3v) is 7.40. The van der Waals surface area contributed by atoms with Crippen LogP contribution in [-0.4, -0.2) is 49.2 Å². The second-order valence-corrected chi connectivity index (χ2v) is 11.1. The highest BCUT2D eigenvalue weighted by Crippen LogP contribution is 2.37. The number of halogens is 1. The van der Waals surface area contributed by atoms with E-state index in [2.05, 4.69) is 45.6 Å². The molecule has 1 aliphatic heterocycles. The van der Waals surface area contributed by atoms with Gasteiger partial charge in [-0.3, -0.25) is 0 Å². The van der Waals surface area contributed by atoms with Crippen LogP contribution < -0.4 is 5.32 Å². The van der Waals surface area contributed by atoms with E-state index in [0.717, 1.165) is 47.4 Å². The zero-order valence-corrected chi connectivity index (χ0v) is 21.9. The molecule has 3 atom stereocenters. The van der Waals surface area contributed by atoms with Gasteiger partial charge in [-0.25, -0.2) is 15.0 Å². The molecule has 1 aromatic carbocycles. The first-order valence-corrected chi connectivity index (χ1v) is 13.4. The van der Waals surface area contributed by atoms with Gasteiger partial charge in [-0.1, -0.05) is 23.7 Å². The lowest BCUT2D eigenvalue weighted by Crippen LogP contribution is -2.33. The zero-order chi connectivity index (χ0) is 25.6. The quantitative estimate of drug-likeness (QED) is 0.222.